The monoisotopic (exact) mass is 765 g/mol. The maximum absolute atomic E-state index is 6.59. The summed E-state index contributed by atoms with van der Waals surface area (Å²) in [5.74, 6) is 0. The van der Waals surface area contributed by atoms with Crippen LogP contribution < -0.4 is 4.90 Å². The molecule has 282 valence electrons. The first kappa shape index (κ1) is 33.5. The number of anilines is 3. The SMILES string of the molecule is CC1(C)c2cc(-c3ccccc3)ccc2-c2ccc(N(c3ccc4c(c3)oc3ccccc34)c3cccc4c3-c3ccccc3C43c4ccccc4-c4ccccc43)cc21. The molecule has 1 aromatic heterocycles. The first-order valence-electron chi connectivity index (χ1n) is 21.0. The number of rotatable bonds is 4. The molecule has 3 aliphatic carbocycles. The van der Waals surface area contributed by atoms with Gasteiger partial charge in [0.2, 0.25) is 0 Å². The quantitative estimate of drug-likeness (QED) is 0.177. The Kier molecular flexibility index (Phi) is 6.74. The summed E-state index contributed by atoms with van der Waals surface area (Å²) >= 11 is 0. The first-order chi connectivity index (χ1) is 29.5. The lowest BCUT2D eigenvalue weighted by Crippen LogP contribution is -2.26. The summed E-state index contributed by atoms with van der Waals surface area (Å²) in [7, 11) is 0. The minimum absolute atomic E-state index is 0.216. The molecule has 10 aromatic rings. The van der Waals surface area contributed by atoms with Crippen LogP contribution in [0.1, 0.15) is 47.2 Å². The molecule has 0 radical (unpaired) electrons. The van der Waals surface area contributed by atoms with E-state index in [9.17, 15) is 0 Å². The van der Waals surface area contributed by atoms with Crippen LogP contribution in [0.2, 0.25) is 0 Å². The standard InChI is InChI=1S/C58H39NO/c1-57(2)51-33-37(36-15-4-3-5-16-36)27-30-42(51)43-31-28-38(34-52(43)57)59(39-29-32-45-44-19-9-13-26-54(44)60-55(45)35-39)53-25-14-24-50-56(53)46-20-8-12-23-49(46)58(50)47-21-10-6-17-40(47)41-18-7-11-22-48(41)58/h3-35H,1-2H3. The normalized spacial score (nSPS) is 14.4. The summed E-state index contributed by atoms with van der Waals surface area (Å²) in [4.78, 5) is 2.49. The lowest BCUT2D eigenvalue weighted by atomic mass is 9.70. The second-order valence-corrected chi connectivity index (χ2v) is 17.2. The highest BCUT2D eigenvalue weighted by Gasteiger charge is 2.52. The van der Waals surface area contributed by atoms with E-state index in [0.717, 1.165) is 39.0 Å². The molecule has 0 bridgehead atoms. The number of hydrogen-bond acceptors (Lipinski definition) is 2. The van der Waals surface area contributed by atoms with Crippen LogP contribution >= 0.6 is 0 Å². The van der Waals surface area contributed by atoms with Gasteiger partial charge in [-0.05, 0) is 115 Å². The molecule has 2 heteroatoms. The second kappa shape index (κ2) is 12.1. The highest BCUT2D eigenvalue weighted by molar-refractivity contribution is 6.07. The van der Waals surface area contributed by atoms with Gasteiger partial charge in [0.1, 0.15) is 11.2 Å². The van der Waals surface area contributed by atoms with Crippen LogP contribution in [0.5, 0.6) is 0 Å². The fourth-order valence-electron chi connectivity index (χ4n) is 11.3. The van der Waals surface area contributed by atoms with Gasteiger partial charge in [0.15, 0.2) is 0 Å². The van der Waals surface area contributed by atoms with Gasteiger partial charge in [0.05, 0.1) is 11.1 Å². The van der Waals surface area contributed by atoms with Crippen molar-refractivity contribution in [2.24, 2.45) is 0 Å². The van der Waals surface area contributed by atoms with Crippen LogP contribution in [0.4, 0.5) is 17.1 Å². The third kappa shape index (κ3) is 4.32. The summed E-state index contributed by atoms with van der Waals surface area (Å²) < 4.78 is 6.59. The van der Waals surface area contributed by atoms with Gasteiger partial charge in [-0.15, -0.1) is 0 Å². The largest absolute Gasteiger partial charge is 0.456 e. The molecule has 0 N–H and O–H groups in total. The zero-order valence-electron chi connectivity index (χ0n) is 33.4. The van der Waals surface area contributed by atoms with Crippen molar-refractivity contribution in [1.29, 1.82) is 0 Å². The molecule has 60 heavy (non-hydrogen) atoms. The molecule has 9 aromatic carbocycles. The van der Waals surface area contributed by atoms with Crippen LogP contribution in [0.3, 0.4) is 0 Å². The Morgan fingerprint density at radius 3 is 1.68 bits per heavy atom. The van der Waals surface area contributed by atoms with Crippen LogP contribution in [0.25, 0.3) is 66.4 Å². The third-order valence-corrected chi connectivity index (χ3v) is 13.9. The van der Waals surface area contributed by atoms with Gasteiger partial charge in [0, 0.05) is 39.2 Å². The predicted molar refractivity (Wildman–Crippen MR) is 248 cm³/mol. The van der Waals surface area contributed by atoms with Crippen molar-refractivity contribution in [3.63, 3.8) is 0 Å². The zero-order valence-corrected chi connectivity index (χ0v) is 33.4. The van der Waals surface area contributed by atoms with E-state index >= 15 is 0 Å². The number of para-hydroxylation sites is 1. The van der Waals surface area contributed by atoms with Crippen molar-refractivity contribution in [2.75, 3.05) is 4.90 Å². The molecular formula is C58H39NO. The summed E-state index contributed by atoms with van der Waals surface area (Å²) in [6, 6.07) is 74.2. The Labute approximate surface area is 349 Å². The number of nitrogens with zero attached hydrogens (tertiary/aromatic N) is 1. The van der Waals surface area contributed by atoms with E-state index in [4.69, 9.17) is 4.42 Å². The Hall–Kier alpha value is -7.42. The number of fused-ring (bicyclic) bond motifs is 16. The van der Waals surface area contributed by atoms with Gasteiger partial charge >= 0.3 is 0 Å². The van der Waals surface area contributed by atoms with Crippen molar-refractivity contribution < 1.29 is 4.42 Å². The van der Waals surface area contributed by atoms with Crippen molar-refractivity contribution in [2.45, 2.75) is 24.7 Å². The van der Waals surface area contributed by atoms with Crippen LogP contribution in [0, 0.1) is 0 Å². The van der Waals surface area contributed by atoms with Crippen LogP contribution in [-0.4, -0.2) is 0 Å². The van der Waals surface area contributed by atoms with E-state index < -0.39 is 5.41 Å². The van der Waals surface area contributed by atoms with E-state index in [0.29, 0.717) is 0 Å². The maximum Gasteiger partial charge on any atom is 0.137 e. The topological polar surface area (TPSA) is 16.4 Å². The maximum atomic E-state index is 6.59. The minimum atomic E-state index is -0.443. The van der Waals surface area contributed by atoms with Gasteiger partial charge < -0.3 is 9.32 Å². The number of benzene rings is 9. The molecule has 1 spiro atoms. The highest BCUT2D eigenvalue weighted by Crippen LogP contribution is 2.65. The molecular weight excluding hydrogens is 727 g/mol. The second-order valence-electron chi connectivity index (χ2n) is 17.2. The molecule has 0 saturated heterocycles. The van der Waals surface area contributed by atoms with E-state index in [1.165, 1.54) is 77.9 Å². The van der Waals surface area contributed by atoms with Gasteiger partial charge in [-0.1, -0.05) is 166 Å². The Morgan fingerprint density at radius 2 is 0.917 bits per heavy atom. The lowest BCUT2D eigenvalue weighted by Gasteiger charge is -2.32. The number of hydrogen-bond donors (Lipinski definition) is 0. The number of furan rings is 1. The van der Waals surface area contributed by atoms with Gasteiger partial charge in [-0.3, -0.25) is 0 Å². The fourth-order valence-corrected chi connectivity index (χ4v) is 11.3. The zero-order chi connectivity index (χ0) is 39.7. The van der Waals surface area contributed by atoms with Crippen molar-refractivity contribution in [1.82, 2.24) is 0 Å². The van der Waals surface area contributed by atoms with Gasteiger partial charge in [0.25, 0.3) is 0 Å². The third-order valence-electron chi connectivity index (χ3n) is 13.9. The first-order valence-corrected chi connectivity index (χ1v) is 21.0. The van der Waals surface area contributed by atoms with E-state index in [1.54, 1.807) is 0 Å². The molecule has 0 atom stereocenters. The molecule has 1 heterocycles. The molecule has 3 aliphatic rings. The van der Waals surface area contributed by atoms with Gasteiger partial charge in [-0.2, -0.15) is 0 Å². The summed E-state index contributed by atoms with van der Waals surface area (Å²) in [5.41, 5.74) is 22.7. The van der Waals surface area contributed by atoms with Crippen LogP contribution in [-0.2, 0) is 10.8 Å². The Balaban J connectivity index is 1.07. The summed E-state index contributed by atoms with van der Waals surface area (Å²) in [5, 5.41) is 2.25. The van der Waals surface area contributed by atoms with E-state index in [1.807, 2.05) is 6.07 Å². The Morgan fingerprint density at radius 1 is 0.367 bits per heavy atom. The molecule has 0 saturated carbocycles. The smallest absolute Gasteiger partial charge is 0.137 e. The van der Waals surface area contributed by atoms with Crippen molar-refractivity contribution in [3.8, 4) is 44.5 Å². The van der Waals surface area contributed by atoms with E-state index in [-0.39, 0.29) is 5.41 Å². The minimum Gasteiger partial charge on any atom is -0.456 e. The Bertz CT molecular complexity index is 3380. The summed E-state index contributed by atoms with van der Waals surface area (Å²) in [6.07, 6.45) is 0. The molecule has 0 fully saturated rings. The van der Waals surface area contributed by atoms with Crippen LogP contribution in [0.15, 0.2) is 205 Å². The molecule has 0 aliphatic heterocycles. The van der Waals surface area contributed by atoms with E-state index in [2.05, 4.69) is 213 Å². The average Bonchev–Trinajstić information content (AvgIpc) is 3.99. The fraction of sp³-hybridized carbons (Fsp3) is 0.0690. The molecule has 0 unspecified atom stereocenters. The van der Waals surface area contributed by atoms with Crippen molar-refractivity contribution in [3.05, 3.63) is 234 Å². The lowest BCUT2D eigenvalue weighted by molar-refractivity contribution is 0.660. The highest BCUT2D eigenvalue weighted by atomic mass is 16.3. The van der Waals surface area contributed by atoms with Gasteiger partial charge in [-0.25, -0.2) is 0 Å². The predicted octanol–water partition coefficient (Wildman–Crippen LogP) is 15.4. The molecule has 13 rings (SSSR count). The van der Waals surface area contributed by atoms with Crippen molar-refractivity contribution >= 4 is 39.0 Å². The molecule has 2 nitrogen and oxygen atoms in total. The summed E-state index contributed by atoms with van der Waals surface area (Å²) in [6.45, 7) is 4.77. The average molecular weight is 766 g/mol. The molecule has 0 amide bonds.